The molecular formula is C82H50N6Os. The predicted molar refractivity (Wildman–Crippen MR) is 366 cm³/mol. The van der Waals surface area contributed by atoms with Crippen molar-refractivity contribution in [3.63, 3.8) is 0 Å². The number of hydrogen-bond acceptors (Lipinski definition) is 6. The molecule has 0 radical (unpaired) electrons. The van der Waals surface area contributed by atoms with Crippen molar-refractivity contribution in [2.45, 2.75) is 0 Å². The van der Waals surface area contributed by atoms with Crippen molar-refractivity contribution in [3.8, 4) is 90.1 Å². The first kappa shape index (κ1) is 53.3. The van der Waals surface area contributed by atoms with E-state index in [0.717, 1.165) is 67.8 Å². The number of rotatable bonds is 8. The molecule has 6 nitrogen and oxygen atoms in total. The van der Waals surface area contributed by atoms with Crippen LogP contribution in [-0.2, 0) is 19.8 Å². The zero-order valence-corrected chi connectivity index (χ0v) is 50.4. The number of pyridine rings is 6. The van der Waals surface area contributed by atoms with E-state index in [0.29, 0.717) is 0 Å². The van der Waals surface area contributed by atoms with Crippen LogP contribution in [-0.4, -0.2) is 29.9 Å². The molecule has 89 heavy (non-hydrogen) atoms. The molecular weight excluding hydrogens is 1260 g/mol. The second-order valence-electron chi connectivity index (χ2n) is 22.5. The number of hydrogen-bond donors (Lipinski definition) is 0. The van der Waals surface area contributed by atoms with Gasteiger partial charge in [0.2, 0.25) is 0 Å². The van der Waals surface area contributed by atoms with Crippen molar-refractivity contribution in [1.29, 1.82) is 0 Å². The number of nitrogens with zero attached hydrogens (tertiary/aromatic N) is 6. The van der Waals surface area contributed by atoms with Crippen LogP contribution in [0.2, 0.25) is 0 Å². The first-order valence-corrected chi connectivity index (χ1v) is 29.7. The largest absolute Gasteiger partial charge is 0.255 e. The molecule has 18 aromatic rings. The maximum Gasteiger partial charge on any atom is 0.0900 e. The molecule has 6 heterocycles. The second-order valence-corrected chi connectivity index (χ2v) is 22.5. The van der Waals surface area contributed by atoms with Gasteiger partial charge in [-0.2, -0.15) is 0 Å². The van der Waals surface area contributed by atoms with E-state index >= 15 is 0 Å². The third-order valence-corrected chi connectivity index (χ3v) is 17.5. The Labute approximate surface area is 526 Å². The predicted octanol–water partition coefficient (Wildman–Crippen LogP) is 21.2. The minimum Gasteiger partial charge on any atom is -0.255 e. The quantitative estimate of drug-likeness (QED) is 0.111. The smallest absolute Gasteiger partial charge is 0.0900 e. The Morgan fingerprint density at radius 1 is 0.180 bits per heavy atom. The summed E-state index contributed by atoms with van der Waals surface area (Å²) in [5.74, 6) is 0. The van der Waals surface area contributed by atoms with Gasteiger partial charge < -0.3 is 0 Å². The molecule has 0 aliphatic carbocycles. The third-order valence-electron chi connectivity index (χ3n) is 17.5. The minimum absolute atomic E-state index is 0. The van der Waals surface area contributed by atoms with Gasteiger partial charge in [-0.1, -0.05) is 206 Å². The summed E-state index contributed by atoms with van der Waals surface area (Å²) in [5, 5.41) is 21.0. The van der Waals surface area contributed by atoms with E-state index < -0.39 is 0 Å². The van der Waals surface area contributed by atoms with Gasteiger partial charge in [-0.3, -0.25) is 19.9 Å². The van der Waals surface area contributed by atoms with Gasteiger partial charge in [-0.15, -0.1) is 0 Å². The van der Waals surface area contributed by atoms with Crippen LogP contribution in [0.5, 0.6) is 0 Å². The van der Waals surface area contributed by atoms with E-state index in [1.807, 2.05) is 72.8 Å². The monoisotopic (exact) mass is 1310 g/mol. The van der Waals surface area contributed by atoms with Gasteiger partial charge >= 0.3 is 0 Å². The summed E-state index contributed by atoms with van der Waals surface area (Å²) in [6.07, 6.45) is 7.21. The molecule has 0 amide bonds. The van der Waals surface area contributed by atoms with Crippen LogP contribution >= 0.6 is 0 Å². The average molecular weight is 1310 g/mol. The van der Waals surface area contributed by atoms with Gasteiger partial charge in [0.15, 0.2) is 0 Å². The van der Waals surface area contributed by atoms with E-state index in [9.17, 15) is 0 Å². The molecule has 0 saturated carbocycles. The molecule has 0 saturated heterocycles. The summed E-state index contributed by atoms with van der Waals surface area (Å²) in [7, 11) is 0. The van der Waals surface area contributed by atoms with Crippen molar-refractivity contribution in [2.75, 3.05) is 0 Å². The molecule has 12 aromatic carbocycles. The molecule has 0 spiro atoms. The van der Waals surface area contributed by atoms with Crippen LogP contribution in [0.1, 0.15) is 0 Å². The first-order chi connectivity index (χ1) is 43.6. The van der Waals surface area contributed by atoms with Gasteiger partial charge in [-0.25, -0.2) is 9.97 Å². The summed E-state index contributed by atoms with van der Waals surface area (Å²) < 4.78 is 0. The fraction of sp³-hybridized carbons (Fsp3) is 0. The summed E-state index contributed by atoms with van der Waals surface area (Å²) in [6.45, 7) is 0. The van der Waals surface area contributed by atoms with Crippen LogP contribution < -0.4 is 0 Å². The number of benzene rings is 12. The van der Waals surface area contributed by atoms with Crippen LogP contribution in [0.3, 0.4) is 0 Å². The van der Waals surface area contributed by atoms with E-state index in [-0.39, 0.29) is 19.8 Å². The Kier molecular flexibility index (Phi) is 13.3. The molecule has 7 heteroatoms. The van der Waals surface area contributed by atoms with Crippen molar-refractivity contribution in [2.24, 2.45) is 0 Å². The van der Waals surface area contributed by atoms with E-state index in [1.54, 1.807) is 24.8 Å². The Morgan fingerprint density at radius 3 is 0.753 bits per heavy atom. The summed E-state index contributed by atoms with van der Waals surface area (Å²) in [6, 6.07) is 99.1. The standard InChI is InChI=1S/2C41H25N3.Os/c2*1-3-22-42-36(14-1)38-24-29(25-39(44-38)37-15-2-4-23-43-37)26-16-18-27(19-17-26)30-20-21-35-33-11-6-9-28-8-5-10-32(40(28)33)34-13-7-12-31(30)41(34)35;/h2*1-25H;. The van der Waals surface area contributed by atoms with Crippen molar-refractivity contribution >= 4 is 86.2 Å². The number of fused-ring (bicyclic) bond motifs is 4. The second kappa shape index (κ2) is 22.2. The van der Waals surface area contributed by atoms with Gasteiger partial charge in [0.05, 0.1) is 45.6 Å². The van der Waals surface area contributed by atoms with Crippen LogP contribution in [0.15, 0.2) is 304 Å². The van der Waals surface area contributed by atoms with Crippen molar-refractivity contribution in [1.82, 2.24) is 29.9 Å². The molecule has 6 aromatic heterocycles. The van der Waals surface area contributed by atoms with Crippen LogP contribution in [0.4, 0.5) is 0 Å². The molecule has 0 N–H and O–H groups in total. The van der Waals surface area contributed by atoms with Crippen molar-refractivity contribution in [3.05, 3.63) is 304 Å². The summed E-state index contributed by atoms with van der Waals surface area (Å²) >= 11 is 0. The zero-order chi connectivity index (χ0) is 58.1. The van der Waals surface area contributed by atoms with Gasteiger partial charge in [-0.05, 0) is 203 Å². The van der Waals surface area contributed by atoms with E-state index in [2.05, 4.69) is 226 Å². The third kappa shape index (κ3) is 9.31. The van der Waals surface area contributed by atoms with Crippen LogP contribution in [0, 0.1) is 0 Å². The van der Waals surface area contributed by atoms with Crippen molar-refractivity contribution < 1.29 is 19.8 Å². The number of aromatic nitrogens is 6. The summed E-state index contributed by atoms with van der Waals surface area (Å²) in [5.41, 5.74) is 15.9. The fourth-order valence-electron chi connectivity index (χ4n) is 13.5. The maximum atomic E-state index is 4.93. The molecule has 0 atom stereocenters. The molecule has 0 aliphatic rings. The Balaban J connectivity index is 0.000000141. The maximum absolute atomic E-state index is 4.93. The molecule has 18 rings (SSSR count). The van der Waals surface area contributed by atoms with Crippen LogP contribution in [0.25, 0.3) is 176 Å². The molecule has 0 fully saturated rings. The molecule has 0 unspecified atom stereocenters. The molecule has 0 aliphatic heterocycles. The SMILES string of the molecule is [Os].c1ccc(-c2cc(-c3ccc(-c4ccc5c6cccc7cccc(c8cccc4c85)c76)cc3)cc(-c3ccccn3)n2)nc1.c1ccc(-c2cc(-c3ccc(-c4ccc5c6cccc7cccc(c8cccc4c85)c76)cc3)cc(-c3ccccn3)n2)nc1. The molecule has 0 bridgehead atoms. The van der Waals surface area contributed by atoms with Gasteiger partial charge in [0, 0.05) is 44.6 Å². The Morgan fingerprint density at radius 2 is 0.449 bits per heavy atom. The summed E-state index contributed by atoms with van der Waals surface area (Å²) in [4.78, 5) is 28.2. The molecule has 416 valence electrons. The van der Waals surface area contributed by atoms with Gasteiger partial charge in [0.25, 0.3) is 0 Å². The average Bonchev–Trinajstić information content (AvgIpc) is 0.867. The zero-order valence-electron chi connectivity index (χ0n) is 47.9. The first-order valence-electron chi connectivity index (χ1n) is 29.7. The van der Waals surface area contributed by atoms with E-state index in [1.165, 1.54) is 108 Å². The fourth-order valence-corrected chi connectivity index (χ4v) is 13.5. The Bertz CT molecular complexity index is 5080. The van der Waals surface area contributed by atoms with Gasteiger partial charge in [0.1, 0.15) is 0 Å². The minimum atomic E-state index is 0. The van der Waals surface area contributed by atoms with E-state index in [4.69, 9.17) is 9.97 Å². The Hall–Kier alpha value is -11.2. The normalized spacial score (nSPS) is 11.5. The topological polar surface area (TPSA) is 77.3 Å².